The minimum Gasteiger partial charge on any atom is -0.368 e. The van der Waals surface area contributed by atoms with E-state index in [4.69, 9.17) is 0 Å². The number of carbonyl (C=O) groups is 1. The summed E-state index contributed by atoms with van der Waals surface area (Å²) in [5, 5.41) is 6.82. The van der Waals surface area contributed by atoms with E-state index in [0.29, 0.717) is 17.8 Å². The second-order valence-electron chi connectivity index (χ2n) is 8.78. The van der Waals surface area contributed by atoms with Gasteiger partial charge in [-0.1, -0.05) is 6.92 Å². The van der Waals surface area contributed by atoms with Crippen LogP contribution in [0, 0.1) is 0 Å². The molecule has 35 heavy (non-hydrogen) atoms. The van der Waals surface area contributed by atoms with Gasteiger partial charge in [0.2, 0.25) is 0 Å². The van der Waals surface area contributed by atoms with Gasteiger partial charge in [-0.25, -0.2) is 4.98 Å². The molecule has 0 unspecified atom stereocenters. The lowest BCUT2D eigenvalue weighted by atomic mass is 10.1. The highest BCUT2D eigenvalue weighted by Gasteiger charge is 2.18. The molecule has 0 saturated carbocycles. The summed E-state index contributed by atoms with van der Waals surface area (Å²) in [6.45, 7) is 6.32. The van der Waals surface area contributed by atoms with Crippen LogP contribution in [0.15, 0.2) is 53.8 Å². The highest BCUT2D eigenvalue weighted by atomic mass is 16.1. The molecule has 1 aliphatic rings. The van der Waals surface area contributed by atoms with Crippen molar-refractivity contribution in [2.75, 3.05) is 36.4 Å². The van der Waals surface area contributed by atoms with Crippen LogP contribution >= 0.6 is 0 Å². The molecular formula is C25H28N8O2. The fourth-order valence-electron chi connectivity index (χ4n) is 4.31. The second kappa shape index (κ2) is 9.67. The lowest BCUT2D eigenvalue weighted by Gasteiger charge is -2.36. The first-order valence-electron chi connectivity index (χ1n) is 11.7. The standard InChI is InChI=1S/C25H28N8O2/c1-3-18-11-21-22(29-24(18)34)10-17(12-26-21)15-32-6-8-33(9-7-32)20-4-5-23(27-14-20)30-25(35)19-13-28-31(2)16-19/h4-5,10-14,16H,3,6-9,15H2,1-2H3,(H,29,34)(H,27,30,35). The Morgan fingerprint density at radius 3 is 2.60 bits per heavy atom. The van der Waals surface area contributed by atoms with Crippen LogP contribution in [-0.2, 0) is 20.0 Å². The Morgan fingerprint density at radius 2 is 1.91 bits per heavy atom. The van der Waals surface area contributed by atoms with Gasteiger partial charge in [-0.05, 0) is 36.2 Å². The number of rotatable bonds is 6. The number of fused-ring (bicyclic) bond motifs is 1. The molecule has 4 aromatic heterocycles. The molecule has 5 rings (SSSR count). The fraction of sp³-hybridized carbons (Fsp3) is 0.320. The van der Waals surface area contributed by atoms with E-state index in [1.165, 1.54) is 6.20 Å². The Bertz CT molecular complexity index is 1400. The lowest BCUT2D eigenvalue weighted by molar-refractivity contribution is 0.102. The van der Waals surface area contributed by atoms with Crippen LogP contribution in [0.3, 0.4) is 0 Å². The Balaban J connectivity index is 1.16. The molecular weight excluding hydrogens is 444 g/mol. The number of H-pyrrole nitrogens is 1. The Labute approximate surface area is 202 Å². The van der Waals surface area contributed by atoms with Gasteiger partial charge in [0.1, 0.15) is 5.82 Å². The molecule has 5 heterocycles. The molecule has 1 saturated heterocycles. The summed E-state index contributed by atoms with van der Waals surface area (Å²) in [5.74, 6) is 0.277. The van der Waals surface area contributed by atoms with Crippen molar-refractivity contribution >= 4 is 28.4 Å². The summed E-state index contributed by atoms with van der Waals surface area (Å²) < 4.78 is 1.59. The van der Waals surface area contributed by atoms with Crippen LogP contribution in [-0.4, -0.2) is 61.7 Å². The van der Waals surface area contributed by atoms with Crippen molar-refractivity contribution < 1.29 is 4.79 Å². The molecule has 1 amide bonds. The number of pyridine rings is 3. The monoisotopic (exact) mass is 472 g/mol. The van der Waals surface area contributed by atoms with Gasteiger partial charge in [-0.3, -0.25) is 24.2 Å². The van der Waals surface area contributed by atoms with Crippen molar-refractivity contribution in [2.24, 2.45) is 7.05 Å². The SMILES string of the molecule is CCc1cc2ncc(CN3CCN(c4ccc(NC(=O)c5cnn(C)c5)nc4)CC3)cc2[nH]c1=O. The summed E-state index contributed by atoms with van der Waals surface area (Å²) in [6.07, 6.45) is 7.58. The fourth-order valence-corrected chi connectivity index (χ4v) is 4.31. The molecule has 10 heteroatoms. The largest absolute Gasteiger partial charge is 0.368 e. The average molecular weight is 473 g/mol. The minimum absolute atomic E-state index is 0.0381. The number of piperazine rings is 1. The topological polar surface area (TPSA) is 112 Å². The van der Waals surface area contributed by atoms with E-state index in [-0.39, 0.29) is 11.5 Å². The Morgan fingerprint density at radius 1 is 1.09 bits per heavy atom. The number of amides is 1. The first kappa shape index (κ1) is 22.7. The molecule has 0 atom stereocenters. The number of hydrogen-bond acceptors (Lipinski definition) is 7. The van der Waals surface area contributed by atoms with E-state index in [0.717, 1.165) is 60.6 Å². The molecule has 0 aromatic carbocycles. The molecule has 180 valence electrons. The summed E-state index contributed by atoms with van der Waals surface area (Å²) >= 11 is 0. The minimum atomic E-state index is -0.231. The summed E-state index contributed by atoms with van der Waals surface area (Å²) in [6, 6.07) is 7.70. The van der Waals surface area contributed by atoms with Crippen molar-refractivity contribution in [1.82, 2.24) is 29.6 Å². The third-order valence-corrected chi connectivity index (χ3v) is 6.31. The van der Waals surface area contributed by atoms with E-state index in [1.54, 1.807) is 24.1 Å². The maximum Gasteiger partial charge on any atom is 0.260 e. The molecule has 1 fully saturated rings. The predicted octanol–water partition coefficient (Wildman–Crippen LogP) is 2.19. The lowest BCUT2D eigenvalue weighted by Crippen LogP contribution is -2.46. The third kappa shape index (κ3) is 5.07. The van der Waals surface area contributed by atoms with E-state index < -0.39 is 0 Å². The molecule has 0 spiro atoms. The van der Waals surface area contributed by atoms with Gasteiger partial charge >= 0.3 is 0 Å². The van der Waals surface area contributed by atoms with Gasteiger partial charge in [0.25, 0.3) is 11.5 Å². The van der Waals surface area contributed by atoms with Crippen LogP contribution in [0.1, 0.15) is 28.4 Å². The van der Waals surface area contributed by atoms with Crippen LogP contribution < -0.4 is 15.8 Å². The zero-order valence-corrected chi connectivity index (χ0v) is 19.9. The summed E-state index contributed by atoms with van der Waals surface area (Å²) in [7, 11) is 1.77. The molecule has 1 aliphatic heterocycles. The number of nitrogens with zero attached hydrogens (tertiary/aromatic N) is 6. The predicted molar refractivity (Wildman–Crippen MR) is 135 cm³/mol. The van der Waals surface area contributed by atoms with E-state index in [1.807, 2.05) is 37.4 Å². The molecule has 0 radical (unpaired) electrons. The van der Waals surface area contributed by atoms with Crippen molar-refractivity contribution in [2.45, 2.75) is 19.9 Å². The van der Waals surface area contributed by atoms with Gasteiger partial charge in [-0.15, -0.1) is 0 Å². The zero-order valence-electron chi connectivity index (χ0n) is 19.9. The zero-order chi connectivity index (χ0) is 24.4. The molecule has 10 nitrogen and oxygen atoms in total. The third-order valence-electron chi connectivity index (χ3n) is 6.31. The van der Waals surface area contributed by atoms with Gasteiger partial charge in [0.05, 0.1) is 34.7 Å². The van der Waals surface area contributed by atoms with E-state index >= 15 is 0 Å². The second-order valence-corrected chi connectivity index (χ2v) is 8.78. The van der Waals surface area contributed by atoms with Gasteiger partial charge in [-0.2, -0.15) is 5.10 Å². The summed E-state index contributed by atoms with van der Waals surface area (Å²) in [5.41, 5.74) is 4.93. The van der Waals surface area contributed by atoms with Crippen molar-refractivity contribution in [3.8, 4) is 0 Å². The maximum absolute atomic E-state index is 12.3. The highest BCUT2D eigenvalue weighted by Crippen LogP contribution is 2.19. The van der Waals surface area contributed by atoms with Gasteiger partial charge in [0, 0.05) is 57.7 Å². The molecule has 2 N–H and O–H groups in total. The molecule has 0 aliphatic carbocycles. The smallest absolute Gasteiger partial charge is 0.260 e. The number of aromatic nitrogens is 5. The van der Waals surface area contributed by atoms with Crippen molar-refractivity contribution in [1.29, 1.82) is 0 Å². The number of aryl methyl sites for hydroxylation is 2. The number of nitrogens with one attached hydrogen (secondary N) is 2. The number of anilines is 2. The van der Waals surface area contributed by atoms with Crippen molar-refractivity contribution in [3.63, 3.8) is 0 Å². The first-order chi connectivity index (χ1) is 17.0. The number of aromatic amines is 1. The van der Waals surface area contributed by atoms with E-state index in [9.17, 15) is 9.59 Å². The summed E-state index contributed by atoms with van der Waals surface area (Å²) in [4.78, 5) is 41.0. The average Bonchev–Trinajstić information content (AvgIpc) is 3.31. The van der Waals surface area contributed by atoms with Crippen LogP contribution in [0.2, 0.25) is 0 Å². The number of hydrogen-bond donors (Lipinski definition) is 2. The van der Waals surface area contributed by atoms with Gasteiger partial charge in [0.15, 0.2) is 0 Å². The first-order valence-corrected chi connectivity index (χ1v) is 11.7. The van der Waals surface area contributed by atoms with Crippen molar-refractivity contribution in [3.05, 3.63) is 76.1 Å². The quantitative estimate of drug-likeness (QED) is 0.442. The van der Waals surface area contributed by atoms with Crippen LogP contribution in [0.4, 0.5) is 11.5 Å². The molecule has 0 bridgehead atoms. The number of carbonyl (C=O) groups excluding carboxylic acids is 1. The Hall–Kier alpha value is -4.05. The van der Waals surface area contributed by atoms with Crippen LogP contribution in [0.5, 0.6) is 0 Å². The van der Waals surface area contributed by atoms with E-state index in [2.05, 4.69) is 35.2 Å². The normalized spacial score (nSPS) is 14.4. The maximum atomic E-state index is 12.3. The molecule has 4 aromatic rings. The highest BCUT2D eigenvalue weighted by molar-refractivity contribution is 6.03. The van der Waals surface area contributed by atoms with Gasteiger partial charge < -0.3 is 15.2 Å². The Kier molecular flexibility index (Phi) is 6.28. The van der Waals surface area contributed by atoms with Crippen LogP contribution in [0.25, 0.3) is 11.0 Å².